The molecule has 0 atom stereocenters. The summed E-state index contributed by atoms with van der Waals surface area (Å²) in [5, 5.41) is 9.28. The van der Waals surface area contributed by atoms with Crippen molar-refractivity contribution in [2.75, 3.05) is 0 Å². The summed E-state index contributed by atoms with van der Waals surface area (Å²) in [7, 11) is 0. The van der Waals surface area contributed by atoms with E-state index < -0.39 is 11.4 Å². The molecule has 0 saturated heterocycles. The first-order valence-corrected chi connectivity index (χ1v) is 5.82. The first kappa shape index (κ1) is 10.3. The van der Waals surface area contributed by atoms with Gasteiger partial charge in [0.1, 0.15) is 0 Å². The molecule has 4 rings (SSSR count). The van der Waals surface area contributed by atoms with E-state index in [9.17, 15) is 9.90 Å². The van der Waals surface area contributed by atoms with E-state index in [0.717, 1.165) is 11.1 Å². The molecule has 0 radical (unpaired) electrons. The van der Waals surface area contributed by atoms with Crippen LogP contribution in [0.2, 0.25) is 0 Å². The van der Waals surface area contributed by atoms with E-state index in [-0.39, 0.29) is 0 Å². The maximum Gasteiger partial charge on any atom is 0.314 e. The minimum atomic E-state index is -0.695. The number of aliphatic carboxylic acids is 1. The lowest BCUT2D eigenvalue weighted by molar-refractivity contribution is -0.148. The Hall–Kier alpha value is -1.83. The second-order valence-corrected chi connectivity index (χ2v) is 5.09. The number of fused-ring (bicyclic) bond motifs is 1. The summed E-state index contributed by atoms with van der Waals surface area (Å²) in [6.07, 6.45) is 5.45. The Labute approximate surface area is 100 Å². The number of hydrogen-bond donors (Lipinski definition) is 1. The van der Waals surface area contributed by atoms with Crippen LogP contribution in [0.3, 0.4) is 0 Å². The van der Waals surface area contributed by atoms with Gasteiger partial charge >= 0.3 is 5.97 Å². The van der Waals surface area contributed by atoms with E-state index in [1.54, 1.807) is 0 Å². The molecule has 2 heteroatoms. The molecular weight excluding hydrogens is 212 g/mol. The summed E-state index contributed by atoms with van der Waals surface area (Å²) in [5.41, 5.74) is 4.01. The fraction of sp³-hybridized carbons (Fsp3) is 0.267. The smallest absolute Gasteiger partial charge is 0.314 e. The summed E-state index contributed by atoms with van der Waals surface area (Å²) in [5.74, 6) is -0.695. The molecule has 1 aromatic rings. The Balaban J connectivity index is 2.03. The average Bonchev–Trinajstić information content (AvgIpc) is 2.27. The first-order valence-electron chi connectivity index (χ1n) is 5.82. The van der Waals surface area contributed by atoms with Crippen LogP contribution >= 0.6 is 0 Å². The van der Waals surface area contributed by atoms with E-state index >= 15 is 0 Å². The minimum Gasteiger partial charge on any atom is -0.481 e. The zero-order chi connectivity index (χ0) is 12.0. The van der Waals surface area contributed by atoms with Gasteiger partial charge in [0.2, 0.25) is 0 Å². The van der Waals surface area contributed by atoms with Crippen molar-refractivity contribution in [1.29, 1.82) is 0 Å². The first-order chi connectivity index (χ1) is 8.09. The van der Waals surface area contributed by atoms with Crippen LogP contribution in [-0.4, -0.2) is 11.1 Å². The quantitative estimate of drug-likeness (QED) is 0.840. The van der Waals surface area contributed by atoms with Gasteiger partial charge in [-0.05, 0) is 30.9 Å². The predicted molar refractivity (Wildman–Crippen MR) is 66.5 cm³/mol. The standard InChI is InChI=1S/C15H14O2/c1-10-3-2-4-12(5-10)13-6-11-7-15(8-11,9-13)14(16)17/h2-6,9H,7-8H2,1H3,(H,16,17). The highest BCUT2D eigenvalue weighted by Gasteiger charge is 2.48. The van der Waals surface area contributed by atoms with Crippen LogP contribution < -0.4 is 0 Å². The van der Waals surface area contributed by atoms with Crippen molar-refractivity contribution >= 4 is 11.5 Å². The maximum absolute atomic E-state index is 11.3. The fourth-order valence-corrected chi connectivity index (χ4v) is 2.73. The van der Waals surface area contributed by atoms with Gasteiger partial charge < -0.3 is 5.11 Å². The highest BCUT2D eigenvalue weighted by Crippen LogP contribution is 2.52. The van der Waals surface area contributed by atoms with Gasteiger partial charge in [-0.3, -0.25) is 4.79 Å². The minimum absolute atomic E-state index is 0.622. The second-order valence-electron chi connectivity index (χ2n) is 5.09. The number of rotatable bonds is 2. The third kappa shape index (κ3) is 1.52. The predicted octanol–water partition coefficient (Wildman–Crippen LogP) is 3.18. The number of allylic oxidation sites excluding steroid dienone is 3. The largest absolute Gasteiger partial charge is 0.481 e. The van der Waals surface area contributed by atoms with Gasteiger partial charge in [0.05, 0.1) is 5.41 Å². The van der Waals surface area contributed by atoms with Crippen LogP contribution in [0.1, 0.15) is 24.0 Å². The third-order valence-corrected chi connectivity index (χ3v) is 3.65. The zero-order valence-electron chi connectivity index (χ0n) is 9.73. The maximum atomic E-state index is 11.3. The third-order valence-electron chi connectivity index (χ3n) is 3.65. The number of carboxylic acid groups (broad SMARTS) is 1. The number of carboxylic acids is 1. The number of hydrogen-bond acceptors (Lipinski definition) is 1. The monoisotopic (exact) mass is 226 g/mol. The molecule has 3 aliphatic carbocycles. The van der Waals surface area contributed by atoms with Crippen molar-refractivity contribution < 1.29 is 9.90 Å². The van der Waals surface area contributed by atoms with Crippen LogP contribution in [-0.2, 0) is 4.79 Å². The summed E-state index contributed by atoms with van der Waals surface area (Å²) in [6.45, 7) is 2.05. The Bertz CT molecular complexity index is 556. The number of aryl methyl sites for hydroxylation is 1. The number of carbonyl (C=O) groups is 1. The topological polar surface area (TPSA) is 37.3 Å². The molecule has 0 aromatic heterocycles. The van der Waals surface area contributed by atoms with E-state index in [0.29, 0.717) is 12.8 Å². The van der Waals surface area contributed by atoms with Crippen LogP contribution in [0.25, 0.3) is 5.57 Å². The number of benzene rings is 1. The van der Waals surface area contributed by atoms with Crippen molar-refractivity contribution in [3.63, 3.8) is 0 Å². The molecule has 0 amide bonds. The highest BCUT2D eigenvalue weighted by molar-refractivity contribution is 5.89. The Morgan fingerprint density at radius 3 is 2.76 bits per heavy atom. The van der Waals surface area contributed by atoms with Crippen LogP contribution in [0.4, 0.5) is 0 Å². The molecule has 17 heavy (non-hydrogen) atoms. The van der Waals surface area contributed by atoms with Crippen molar-refractivity contribution in [2.45, 2.75) is 19.8 Å². The normalized spacial score (nSPS) is 20.1. The lowest BCUT2D eigenvalue weighted by atomic mass is 9.61. The molecule has 1 N–H and O–H groups in total. The summed E-state index contributed by atoms with van der Waals surface area (Å²) < 4.78 is 0. The molecule has 0 spiro atoms. The Morgan fingerprint density at radius 1 is 1.35 bits per heavy atom. The molecular formula is C15H14O2. The van der Waals surface area contributed by atoms with Gasteiger partial charge in [-0.15, -0.1) is 0 Å². The van der Waals surface area contributed by atoms with Gasteiger partial charge in [0, 0.05) is 0 Å². The van der Waals surface area contributed by atoms with Gasteiger partial charge in [-0.2, -0.15) is 0 Å². The summed E-state index contributed by atoms with van der Waals surface area (Å²) >= 11 is 0. The second kappa shape index (κ2) is 3.33. The molecule has 1 fully saturated rings. The zero-order valence-corrected chi connectivity index (χ0v) is 9.73. The molecule has 2 nitrogen and oxygen atoms in total. The van der Waals surface area contributed by atoms with Gasteiger partial charge in [0.25, 0.3) is 0 Å². The van der Waals surface area contributed by atoms with E-state index in [1.165, 1.54) is 11.1 Å². The average molecular weight is 226 g/mol. The van der Waals surface area contributed by atoms with Crippen LogP contribution in [0.15, 0.2) is 42.0 Å². The van der Waals surface area contributed by atoms with Gasteiger partial charge in [-0.25, -0.2) is 0 Å². The van der Waals surface area contributed by atoms with E-state index in [1.807, 2.05) is 31.2 Å². The SMILES string of the molecule is Cc1cccc(C2=CC3(C(=O)O)CC(=C2)C3)c1. The van der Waals surface area contributed by atoms with Crippen molar-refractivity contribution in [3.05, 3.63) is 53.1 Å². The van der Waals surface area contributed by atoms with Gasteiger partial charge in [-0.1, -0.05) is 47.6 Å². The lowest BCUT2D eigenvalue weighted by Gasteiger charge is -2.41. The van der Waals surface area contributed by atoms with Crippen molar-refractivity contribution in [2.24, 2.45) is 5.41 Å². The molecule has 3 aliphatic rings. The van der Waals surface area contributed by atoms with E-state index in [4.69, 9.17) is 0 Å². The van der Waals surface area contributed by atoms with Gasteiger partial charge in [0.15, 0.2) is 0 Å². The van der Waals surface area contributed by atoms with Crippen LogP contribution in [0.5, 0.6) is 0 Å². The molecule has 2 bridgehead atoms. The van der Waals surface area contributed by atoms with Crippen LogP contribution in [0, 0.1) is 12.3 Å². The molecule has 86 valence electrons. The highest BCUT2D eigenvalue weighted by atomic mass is 16.4. The molecule has 1 aromatic carbocycles. The molecule has 1 saturated carbocycles. The van der Waals surface area contributed by atoms with E-state index in [2.05, 4.69) is 12.1 Å². The summed E-state index contributed by atoms with van der Waals surface area (Å²) in [4.78, 5) is 11.3. The van der Waals surface area contributed by atoms with Crippen molar-refractivity contribution in [3.8, 4) is 0 Å². The molecule has 0 aliphatic heterocycles. The molecule has 0 unspecified atom stereocenters. The Morgan fingerprint density at radius 2 is 2.12 bits per heavy atom. The summed E-state index contributed by atoms with van der Waals surface area (Å²) in [6, 6.07) is 8.20. The molecule has 0 heterocycles. The fourth-order valence-electron chi connectivity index (χ4n) is 2.73. The lowest BCUT2D eigenvalue weighted by Crippen LogP contribution is -2.39. The van der Waals surface area contributed by atoms with Crippen molar-refractivity contribution in [1.82, 2.24) is 0 Å². The Kier molecular flexibility index (Phi) is 2.02.